The molecule has 1 aromatic carbocycles. The molecular weight excluding hydrogens is 380 g/mol. The van der Waals surface area contributed by atoms with Crippen molar-refractivity contribution in [3.63, 3.8) is 0 Å². The number of carbonyl (C=O) groups is 2. The highest BCUT2D eigenvalue weighted by atomic mass is 32.1. The lowest BCUT2D eigenvalue weighted by molar-refractivity contribution is -0.144. The van der Waals surface area contributed by atoms with Crippen molar-refractivity contribution in [3.8, 4) is 0 Å². The van der Waals surface area contributed by atoms with Crippen LogP contribution in [0, 0.1) is 5.92 Å². The van der Waals surface area contributed by atoms with Crippen LogP contribution >= 0.6 is 11.3 Å². The van der Waals surface area contributed by atoms with Crippen LogP contribution in [0.2, 0.25) is 0 Å². The lowest BCUT2D eigenvalue weighted by atomic mass is 9.93. The van der Waals surface area contributed by atoms with Gasteiger partial charge in [-0.1, -0.05) is 43.2 Å². The molecule has 5 heteroatoms. The van der Waals surface area contributed by atoms with Crippen LogP contribution in [0.3, 0.4) is 0 Å². The highest BCUT2D eigenvalue weighted by Crippen LogP contribution is 2.38. The minimum absolute atomic E-state index is 0.0404. The Morgan fingerprint density at radius 3 is 2.52 bits per heavy atom. The van der Waals surface area contributed by atoms with E-state index in [1.807, 2.05) is 28.0 Å². The number of carbonyl (C=O) groups excluding carboxylic acids is 2. The zero-order valence-corrected chi connectivity index (χ0v) is 17.6. The van der Waals surface area contributed by atoms with Gasteiger partial charge >= 0.3 is 0 Å². The molecule has 2 amide bonds. The van der Waals surface area contributed by atoms with Crippen molar-refractivity contribution in [2.75, 3.05) is 13.1 Å². The second-order valence-corrected chi connectivity index (χ2v) is 9.63. The molecule has 2 aliphatic carbocycles. The van der Waals surface area contributed by atoms with E-state index in [2.05, 4.69) is 23.6 Å². The number of fused-ring (bicyclic) bond motifs is 1. The summed E-state index contributed by atoms with van der Waals surface area (Å²) in [5.74, 6) is 0.454. The first-order valence-electron chi connectivity index (χ1n) is 10.9. The van der Waals surface area contributed by atoms with E-state index in [1.54, 1.807) is 11.3 Å². The van der Waals surface area contributed by atoms with Gasteiger partial charge in [-0.25, -0.2) is 0 Å². The second kappa shape index (κ2) is 7.94. The summed E-state index contributed by atoms with van der Waals surface area (Å²) < 4.78 is 0. The van der Waals surface area contributed by atoms with Crippen molar-refractivity contribution >= 4 is 23.2 Å². The van der Waals surface area contributed by atoms with Gasteiger partial charge in [-0.3, -0.25) is 9.59 Å². The van der Waals surface area contributed by atoms with Crippen molar-refractivity contribution in [3.05, 3.63) is 57.8 Å². The molecule has 2 fully saturated rings. The van der Waals surface area contributed by atoms with Crippen LogP contribution in [0.5, 0.6) is 0 Å². The molecular formula is C24H28N2O2S. The molecule has 0 saturated heterocycles. The molecule has 1 aliphatic heterocycles. The van der Waals surface area contributed by atoms with Gasteiger partial charge in [-0.15, -0.1) is 11.3 Å². The Bertz CT molecular complexity index is 883. The molecule has 0 N–H and O–H groups in total. The summed E-state index contributed by atoms with van der Waals surface area (Å²) in [7, 11) is 0. The monoisotopic (exact) mass is 408 g/mol. The van der Waals surface area contributed by atoms with E-state index in [-0.39, 0.29) is 36.4 Å². The van der Waals surface area contributed by atoms with Crippen LogP contribution in [-0.2, 0) is 16.0 Å². The third-order valence-corrected chi connectivity index (χ3v) is 7.68. The largest absolute Gasteiger partial charge is 0.330 e. The first-order chi connectivity index (χ1) is 14.2. The van der Waals surface area contributed by atoms with Gasteiger partial charge in [0.1, 0.15) is 6.54 Å². The van der Waals surface area contributed by atoms with Crippen molar-refractivity contribution in [1.82, 2.24) is 9.80 Å². The Balaban J connectivity index is 1.39. The van der Waals surface area contributed by atoms with Crippen LogP contribution in [-0.4, -0.2) is 40.7 Å². The maximum absolute atomic E-state index is 13.5. The molecule has 2 saturated carbocycles. The molecule has 2 aromatic rings. The Hall–Kier alpha value is -2.14. The predicted octanol–water partition coefficient (Wildman–Crippen LogP) is 4.40. The molecule has 5 rings (SSSR count). The molecule has 1 unspecified atom stereocenters. The third kappa shape index (κ3) is 3.73. The van der Waals surface area contributed by atoms with E-state index in [0.29, 0.717) is 0 Å². The first kappa shape index (κ1) is 18.9. The summed E-state index contributed by atoms with van der Waals surface area (Å²) in [5, 5.41) is 2.13. The van der Waals surface area contributed by atoms with Gasteiger partial charge in [-0.2, -0.15) is 0 Å². The Labute approximate surface area is 176 Å². The van der Waals surface area contributed by atoms with E-state index in [0.717, 1.165) is 57.1 Å². The quantitative estimate of drug-likeness (QED) is 0.736. The predicted molar refractivity (Wildman–Crippen MR) is 115 cm³/mol. The number of hydrogen-bond acceptors (Lipinski definition) is 3. The summed E-state index contributed by atoms with van der Waals surface area (Å²) in [6.07, 6.45) is 7.26. The van der Waals surface area contributed by atoms with Crippen molar-refractivity contribution in [2.24, 2.45) is 5.92 Å². The van der Waals surface area contributed by atoms with E-state index >= 15 is 0 Å². The van der Waals surface area contributed by atoms with E-state index in [1.165, 1.54) is 10.4 Å². The molecule has 2 heterocycles. The lowest BCUT2D eigenvalue weighted by Gasteiger charge is -2.38. The maximum atomic E-state index is 13.5. The van der Waals surface area contributed by atoms with Crippen LogP contribution in [0.4, 0.5) is 0 Å². The number of rotatable bonds is 5. The number of amides is 2. The van der Waals surface area contributed by atoms with Gasteiger partial charge in [0.2, 0.25) is 11.8 Å². The molecule has 3 aliphatic rings. The Kier molecular flexibility index (Phi) is 5.17. The second-order valence-electron chi connectivity index (χ2n) is 8.63. The summed E-state index contributed by atoms with van der Waals surface area (Å²) in [6, 6.07) is 12.7. The number of thiophene rings is 1. The molecule has 0 bridgehead atoms. The minimum atomic E-state index is -0.0404. The average Bonchev–Trinajstić information content (AvgIpc) is 3.24. The fourth-order valence-electron chi connectivity index (χ4n) is 5.00. The van der Waals surface area contributed by atoms with E-state index in [9.17, 15) is 9.59 Å². The van der Waals surface area contributed by atoms with Gasteiger partial charge in [0, 0.05) is 23.4 Å². The van der Waals surface area contributed by atoms with E-state index in [4.69, 9.17) is 0 Å². The van der Waals surface area contributed by atoms with Crippen LogP contribution in [0.15, 0.2) is 41.8 Å². The van der Waals surface area contributed by atoms with Crippen molar-refractivity contribution in [2.45, 2.75) is 57.0 Å². The van der Waals surface area contributed by atoms with E-state index < -0.39 is 0 Å². The van der Waals surface area contributed by atoms with Gasteiger partial charge in [0.15, 0.2) is 0 Å². The summed E-state index contributed by atoms with van der Waals surface area (Å²) >= 11 is 1.79. The number of hydrogen-bond donors (Lipinski definition) is 0. The smallest absolute Gasteiger partial charge is 0.243 e. The van der Waals surface area contributed by atoms with Crippen molar-refractivity contribution < 1.29 is 9.59 Å². The normalized spacial score (nSPS) is 21.8. The van der Waals surface area contributed by atoms with Crippen LogP contribution in [0.25, 0.3) is 0 Å². The number of nitrogens with zero attached hydrogens (tertiary/aromatic N) is 2. The standard InChI is InChI=1S/C24H28N2O2S/c27-22(16-26(19-10-11-19)24(28)18-8-4-5-9-18)25-14-12-21-20(13-15-29-21)23(25)17-6-2-1-3-7-17/h1-3,6-7,13,15,18-19,23H,4-5,8-12,14,16H2. The van der Waals surface area contributed by atoms with Gasteiger partial charge in [0.05, 0.1) is 6.04 Å². The molecule has 4 nitrogen and oxygen atoms in total. The third-order valence-electron chi connectivity index (χ3n) is 6.68. The Morgan fingerprint density at radius 1 is 1.03 bits per heavy atom. The fraction of sp³-hybridized carbons (Fsp3) is 0.500. The SMILES string of the molecule is O=C(C1CCCC1)N(CC(=O)N1CCc2sccc2C1c1ccccc1)C1CC1. The van der Waals surface area contributed by atoms with Crippen LogP contribution in [0.1, 0.15) is 60.6 Å². The Morgan fingerprint density at radius 2 is 1.79 bits per heavy atom. The topological polar surface area (TPSA) is 40.6 Å². The molecule has 1 atom stereocenters. The highest BCUT2D eigenvalue weighted by Gasteiger charge is 2.40. The van der Waals surface area contributed by atoms with Crippen molar-refractivity contribution in [1.29, 1.82) is 0 Å². The summed E-state index contributed by atoms with van der Waals surface area (Å²) in [5.41, 5.74) is 2.40. The van der Waals surface area contributed by atoms with Crippen LogP contribution < -0.4 is 0 Å². The molecule has 0 radical (unpaired) electrons. The maximum Gasteiger partial charge on any atom is 0.243 e. The lowest BCUT2D eigenvalue weighted by Crippen LogP contribution is -2.48. The first-order valence-corrected chi connectivity index (χ1v) is 11.8. The summed E-state index contributed by atoms with van der Waals surface area (Å²) in [6.45, 7) is 0.963. The molecule has 152 valence electrons. The van der Waals surface area contributed by atoms with Gasteiger partial charge in [-0.05, 0) is 54.7 Å². The zero-order valence-electron chi connectivity index (χ0n) is 16.8. The molecule has 29 heavy (non-hydrogen) atoms. The number of benzene rings is 1. The average molecular weight is 409 g/mol. The molecule has 0 spiro atoms. The van der Waals surface area contributed by atoms with Gasteiger partial charge in [0.25, 0.3) is 0 Å². The highest BCUT2D eigenvalue weighted by molar-refractivity contribution is 7.10. The zero-order chi connectivity index (χ0) is 19.8. The fourth-order valence-corrected chi connectivity index (χ4v) is 5.90. The minimum Gasteiger partial charge on any atom is -0.330 e. The summed E-state index contributed by atoms with van der Waals surface area (Å²) in [4.78, 5) is 31.9. The van der Waals surface area contributed by atoms with Gasteiger partial charge < -0.3 is 9.80 Å². The molecule has 1 aromatic heterocycles.